The molecule has 0 aromatic heterocycles. The Morgan fingerprint density at radius 3 is 2.27 bits per heavy atom. The van der Waals surface area contributed by atoms with E-state index in [4.69, 9.17) is 16.3 Å². The van der Waals surface area contributed by atoms with E-state index in [-0.39, 0.29) is 17.9 Å². The molecule has 1 aliphatic carbocycles. The summed E-state index contributed by atoms with van der Waals surface area (Å²) in [6.07, 6.45) is 5.50. The summed E-state index contributed by atoms with van der Waals surface area (Å²) < 4.78 is 5.19. The van der Waals surface area contributed by atoms with E-state index in [9.17, 15) is 9.59 Å². The van der Waals surface area contributed by atoms with Crippen LogP contribution in [0.3, 0.4) is 0 Å². The molecule has 0 unspecified atom stereocenters. The predicted octanol–water partition coefficient (Wildman–Crippen LogP) is 5.15. The lowest BCUT2D eigenvalue weighted by Gasteiger charge is -2.24. The standard InChI is InChI=1S/C23H23ClN2O3S/c1-29-18-11-9-17(10-12-18)26-22(27)20(25-16-5-3-2-4-6-16)21(23(26)28)30-19-13-7-15(24)8-14-19/h7-14,16,25H,2-6H2,1H3. The molecule has 2 aromatic rings. The number of nitrogens with one attached hydrogen (secondary N) is 1. The quantitative estimate of drug-likeness (QED) is 0.627. The third-order valence-corrected chi connectivity index (χ3v) is 6.70. The Hall–Kier alpha value is -2.44. The van der Waals surface area contributed by atoms with Crippen molar-refractivity contribution in [1.82, 2.24) is 5.32 Å². The summed E-state index contributed by atoms with van der Waals surface area (Å²) in [4.78, 5) is 29.2. The fraction of sp³-hybridized carbons (Fsp3) is 0.304. The molecule has 0 saturated heterocycles. The number of ether oxygens (including phenoxy) is 1. The molecule has 2 aliphatic rings. The summed E-state index contributed by atoms with van der Waals surface area (Å²) in [7, 11) is 1.58. The van der Waals surface area contributed by atoms with Crippen LogP contribution < -0.4 is 15.0 Å². The first-order valence-electron chi connectivity index (χ1n) is 10.0. The van der Waals surface area contributed by atoms with E-state index in [0.29, 0.717) is 27.1 Å². The molecule has 7 heteroatoms. The Morgan fingerprint density at radius 1 is 0.967 bits per heavy atom. The Balaban J connectivity index is 1.66. The molecule has 1 fully saturated rings. The minimum absolute atomic E-state index is 0.210. The van der Waals surface area contributed by atoms with Crippen LogP contribution in [0.4, 0.5) is 5.69 Å². The summed E-state index contributed by atoms with van der Waals surface area (Å²) in [5.74, 6) is 0.0396. The molecule has 2 aromatic carbocycles. The largest absolute Gasteiger partial charge is 0.497 e. The average molecular weight is 443 g/mol. The van der Waals surface area contributed by atoms with Gasteiger partial charge >= 0.3 is 0 Å². The normalized spacial score (nSPS) is 17.6. The number of amides is 2. The fourth-order valence-electron chi connectivity index (χ4n) is 3.77. The van der Waals surface area contributed by atoms with Crippen LogP contribution in [0.15, 0.2) is 64.0 Å². The van der Waals surface area contributed by atoms with Gasteiger partial charge in [-0.3, -0.25) is 9.59 Å². The van der Waals surface area contributed by atoms with Crippen molar-refractivity contribution < 1.29 is 14.3 Å². The van der Waals surface area contributed by atoms with Crippen LogP contribution in [-0.2, 0) is 9.59 Å². The van der Waals surface area contributed by atoms with Crippen LogP contribution >= 0.6 is 23.4 Å². The van der Waals surface area contributed by atoms with Crippen molar-refractivity contribution in [2.45, 2.75) is 43.0 Å². The maximum Gasteiger partial charge on any atom is 0.282 e. The Kier molecular flexibility index (Phi) is 6.35. The van der Waals surface area contributed by atoms with Crippen molar-refractivity contribution >= 4 is 40.9 Å². The summed E-state index contributed by atoms with van der Waals surface area (Å²) in [5, 5.41) is 4.03. The lowest BCUT2D eigenvalue weighted by molar-refractivity contribution is -0.120. The number of rotatable bonds is 6. The van der Waals surface area contributed by atoms with Crippen LogP contribution in [0.2, 0.25) is 5.02 Å². The molecule has 2 amide bonds. The maximum atomic E-state index is 13.3. The lowest BCUT2D eigenvalue weighted by atomic mass is 9.95. The van der Waals surface area contributed by atoms with Crippen molar-refractivity contribution in [2.75, 3.05) is 12.0 Å². The van der Waals surface area contributed by atoms with Gasteiger partial charge in [-0.25, -0.2) is 4.90 Å². The molecule has 30 heavy (non-hydrogen) atoms. The summed E-state index contributed by atoms with van der Waals surface area (Å²) >= 11 is 7.29. The van der Waals surface area contributed by atoms with Crippen molar-refractivity contribution in [3.8, 4) is 5.75 Å². The zero-order chi connectivity index (χ0) is 21.1. The lowest BCUT2D eigenvalue weighted by Crippen LogP contribution is -2.37. The topological polar surface area (TPSA) is 58.6 Å². The van der Waals surface area contributed by atoms with E-state index < -0.39 is 0 Å². The molecule has 4 rings (SSSR count). The number of nitrogens with zero attached hydrogens (tertiary/aromatic N) is 1. The molecule has 1 aliphatic heterocycles. The minimum Gasteiger partial charge on any atom is -0.497 e. The van der Waals surface area contributed by atoms with Crippen LogP contribution in [0.5, 0.6) is 5.75 Å². The molecule has 0 radical (unpaired) electrons. The highest BCUT2D eigenvalue weighted by Gasteiger charge is 2.41. The number of hydrogen-bond acceptors (Lipinski definition) is 5. The Morgan fingerprint density at radius 2 is 1.63 bits per heavy atom. The van der Waals surface area contributed by atoms with Crippen LogP contribution in [0, 0.1) is 0 Å². The number of hydrogen-bond donors (Lipinski definition) is 1. The van der Waals surface area contributed by atoms with E-state index in [0.717, 1.165) is 30.6 Å². The maximum absolute atomic E-state index is 13.3. The first-order chi connectivity index (χ1) is 14.6. The van der Waals surface area contributed by atoms with Gasteiger partial charge in [0.25, 0.3) is 11.8 Å². The third-order valence-electron chi connectivity index (χ3n) is 5.36. The Bertz CT molecular complexity index is 967. The number of imide groups is 1. The van der Waals surface area contributed by atoms with Gasteiger partial charge < -0.3 is 10.1 Å². The minimum atomic E-state index is -0.316. The molecule has 0 atom stereocenters. The van der Waals surface area contributed by atoms with Gasteiger partial charge in [-0.15, -0.1) is 0 Å². The summed E-state index contributed by atoms with van der Waals surface area (Å²) in [5.41, 5.74) is 0.920. The van der Waals surface area contributed by atoms with Gasteiger partial charge in [0.1, 0.15) is 16.4 Å². The number of methoxy groups -OCH3 is 1. The van der Waals surface area contributed by atoms with E-state index in [1.54, 1.807) is 43.5 Å². The average Bonchev–Trinajstić information content (AvgIpc) is 3.00. The van der Waals surface area contributed by atoms with E-state index in [2.05, 4.69) is 5.32 Å². The predicted molar refractivity (Wildman–Crippen MR) is 120 cm³/mol. The van der Waals surface area contributed by atoms with E-state index in [1.807, 2.05) is 12.1 Å². The smallest absolute Gasteiger partial charge is 0.282 e. The van der Waals surface area contributed by atoms with Crippen LogP contribution in [0.25, 0.3) is 0 Å². The fourth-order valence-corrected chi connectivity index (χ4v) is 4.83. The molecular formula is C23H23ClN2O3S. The van der Waals surface area contributed by atoms with Crippen molar-refractivity contribution in [3.63, 3.8) is 0 Å². The van der Waals surface area contributed by atoms with Crippen LogP contribution in [-0.4, -0.2) is 25.0 Å². The van der Waals surface area contributed by atoms with Crippen molar-refractivity contribution in [2.24, 2.45) is 0 Å². The Labute approximate surface area is 185 Å². The van der Waals surface area contributed by atoms with Gasteiger partial charge in [0.05, 0.1) is 12.8 Å². The second-order valence-corrected chi connectivity index (χ2v) is 8.90. The molecule has 5 nitrogen and oxygen atoms in total. The highest BCUT2D eigenvalue weighted by Crippen LogP contribution is 2.38. The van der Waals surface area contributed by atoms with Gasteiger partial charge in [0.15, 0.2) is 0 Å². The summed E-state index contributed by atoms with van der Waals surface area (Å²) in [6.45, 7) is 0. The SMILES string of the molecule is COc1ccc(N2C(=O)C(NC3CCCCC3)=C(Sc3ccc(Cl)cc3)C2=O)cc1. The first kappa shape index (κ1) is 20.8. The molecule has 0 bridgehead atoms. The van der Waals surface area contributed by atoms with Gasteiger partial charge in [-0.05, 0) is 61.4 Å². The monoisotopic (exact) mass is 442 g/mol. The molecule has 1 N–H and O–H groups in total. The molecule has 0 spiro atoms. The number of benzene rings is 2. The highest BCUT2D eigenvalue weighted by molar-refractivity contribution is 8.04. The van der Waals surface area contributed by atoms with Gasteiger partial charge in [-0.2, -0.15) is 0 Å². The molecule has 1 saturated carbocycles. The van der Waals surface area contributed by atoms with E-state index in [1.165, 1.54) is 23.1 Å². The van der Waals surface area contributed by atoms with Crippen molar-refractivity contribution in [1.29, 1.82) is 0 Å². The van der Waals surface area contributed by atoms with Gasteiger partial charge in [-0.1, -0.05) is 42.6 Å². The zero-order valence-electron chi connectivity index (χ0n) is 16.7. The second kappa shape index (κ2) is 9.14. The third kappa shape index (κ3) is 4.35. The van der Waals surface area contributed by atoms with Crippen LogP contribution in [0.1, 0.15) is 32.1 Å². The first-order valence-corrected chi connectivity index (χ1v) is 11.2. The molecular weight excluding hydrogens is 420 g/mol. The number of thioether (sulfide) groups is 1. The summed E-state index contributed by atoms with van der Waals surface area (Å²) in [6, 6.07) is 14.4. The second-order valence-electron chi connectivity index (χ2n) is 7.38. The number of anilines is 1. The highest BCUT2D eigenvalue weighted by atomic mass is 35.5. The zero-order valence-corrected chi connectivity index (χ0v) is 18.3. The van der Waals surface area contributed by atoms with E-state index >= 15 is 0 Å². The van der Waals surface area contributed by atoms with Gasteiger partial charge in [0.2, 0.25) is 0 Å². The number of halogens is 1. The molecule has 1 heterocycles. The van der Waals surface area contributed by atoms with Crippen molar-refractivity contribution in [3.05, 3.63) is 64.2 Å². The van der Waals surface area contributed by atoms with Gasteiger partial charge in [0, 0.05) is 16.0 Å². The molecule has 156 valence electrons. The number of carbonyl (C=O) groups is 2. The number of carbonyl (C=O) groups excluding carboxylic acids is 2.